The molecule has 16 nitrogen and oxygen atoms in total. The first kappa shape index (κ1) is 65.0. The Kier molecular flexibility index (Phi) is 43.9. The van der Waals surface area contributed by atoms with E-state index in [4.69, 9.17) is 28.0 Å². The van der Waals surface area contributed by atoms with E-state index in [1.807, 2.05) is 0 Å². The smallest absolute Gasteiger partial charge is 0.353 e. The van der Waals surface area contributed by atoms with Crippen molar-refractivity contribution < 1.29 is 62.2 Å². The molecular formula is C50H101N3O13P2. The van der Waals surface area contributed by atoms with Crippen LogP contribution in [0, 0.1) is 0 Å². The van der Waals surface area contributed by atoms with Gasteiger partial charge in [-0.3, -0.25) is 14.1 Å². The van der Waals surface area contributed by atoms with E-state index in [1.165, 1.54) is 165 Å². The summed E-state index contributed by atoms with van der Waals surface area (Å²) < 4.78 is 57.7. The third kappa shape index (κ3) is 40.6. The Morgan fingerprint density at radius 3 is 1.26 bits per heavy atom. The van der Waals surface area contributed by atoms with Gasteiger partial charge in [0.05, 0.1) is 45.6 Å². The first-order valence-corrected chi connectivity index (χ1v) is 30.5. The molecule has 0 saturated carbocycles. The van der Waals surface area contributed by atoms with Crippen LogP contribution in [0.1, 0.15) is 206 Å². The molecule has 1 aliphatic heterocycles. The maximum atomic E-state index is 12.6. The Bertz CT molecular complexity index is 1290. The number of ether oxygens (including phenoxy) is 4. The van der Waals surface area contributed by atoms with Crippen molar-refractivity contribution >= 4 is 21.0 Å². The molecule has 0 spiro atoms. The van der Waals surface area contributed by atoms with Crippen molar-refractivity contribution in [2.45, 2.75) is 225 Å². The molecule has 0 saturated heterocycles. The van der Waals surface area contributed by atoms with Gasteiger partial charge in [0, 0.05) is 32.6 Å². The number of unbranched alkanes of at least 4 members (excludes halogenated alkanes) is 26. The summed E-state index contributed by atoms with van der Waals surface area (Å²) >= 11 is 0. The van der Waals surface area contributed by atoms with Crippen molar-refractivity contribution in [1.82, 2.24) is 10.2 Å². The van der Waals surface area contributed by atoms with Crippen LogP contribution in [-0.4, -0.2) is 133 Å². The van der Waals surface area contributed by atoms with Crippen molar-refractivity contribution in [2.75, 3.05) is 78.6 Å². The monoisotopic (exact) mass is 1010 g/mol. The highest BCUT2D eigenvalue weighted by Crippen LogP contribution is 2.43. The van der Waals surface area contributed by atoms with Crippen LogP contribution in [0.2, 0.25) is 0 Å². The summed E-state index contributed by atoms with van der Waals surface area (Å²) in [5.74, 6) is 0.256. The number of nitrogens with zero attached hydrogens (tertiary/aromatic N) is 2. The second-order valence-corrected chi connectivity index (χ2v) is 22.1. The maximum absolute atomic E-state index is 12.6. The molecule has 5 atom stereocenters. The third-order valence-corrected chi connectivity index (χ3v) is 14.1. The van der Waals surface area contributed by atoms with Crippen LogP contribution in [0.3, 0.4) is 0 Å². The van der Waals surface area contributed by atoms with Crippen LogP contribution in [0.4, 0.5) is 0 Å². The summed E-state index contributed by atoms with van der Waals surface area (Å²) in [6.45, 7) is 5.72. The molecule has 1 aliphatic rings. The van der Waals surface area contributed by atoms with Crippen molar-refractivity contribution in [3.05, 3.63) is 12.3 Å². The van der Waals surface area contributed by atoms with Crippen LogP contribution in [0.15, 0.2) is 17.3 Å². The second-order valence-electron chi connectivity index (χ2n) is 18.5. The quantitative estimate of drug-likeness (QED) is 0.0247. The summed E-state index contributed by atoms with van der Waals surface area (Å²) in [6.07, 6.45) is 36.1. The van der Waals surface area contributed by atoms with Gasteiger partial charge in [0.15, 0.2) is 0 Å². The number of hydrogen-bond acceptors (Lipinski definition) is 13. The van der Waals surface area contributed by atoms with Crippen molar-refractivity contribution in [2.24, 2.45) is 4.99 Å². The van der Waals surface area contributed by atoms with E-state index in [1.54, 1.807) is 6.08 Å². The van der Waals surface area contributed by atoms with Gasteiger partial charge in [0.25, 0.3) is 0 Å². The van der Waals surface area contributed by atoms with Gasteiger partial charge in [-0.25, -0.2) is 0 Å². The first-order valence-electron chi connectivity index (χ1n) is 27.0. The van der Waals surface area contributed by atoms with E-state index in [2.05, 4.69) is 24.2 Å². The van der Waals surface area contributed by atoms with E-state index >= 15 is 0 Å². The highest BCUT2D eigenvalue weighted by Gasteiger charge is 2.27. The summed E-state index contributed by atoms with van der Waals surface area (Å²) in [6, 6.07) is 0. The van der Waals surface area contributed by atoms with Gasteiger partial charge in [0.1, 0.15) is 24.6 Å². The average Bonchev–Trinajstić information content (AvgIpc) is 3.32. The lowest BCUT2D eigenvalue weighted by atomic mass is 10.0. The Balaban J connectivity index is 2.13. The van der Waals surface area contributed by atoms with Gasteiger partial charge < -0.3 is 63.3 Å². The standard InChI is InChI=1S/C50H101N3O13P2/c1-3-5-7-9-11-13-15-17-19-21-23-25-27-29-35-61-37-31-39-65-67(57,58)45-63-47(43-54)41-51-49-33-34-53(50(56)52-49)42-48(44-55)64-46-68(59,60)66-40-32-38-62-36-30-28-26-24-22-20-18-16-14-12-10-8-6-4-2/h33-34,47-48,50,54-56H,3-32,35-46H2,1-2H3,(H,51,52)(H,57,58)(H,59,60)/t47-,48-,50?/m0/s1. The Morgan fingerprint density at radius 1 is 0.544 bits per heavy atom. The SMILES string of the molecule is CCCCCCCCCCCCCCCCOCCCOP(=O)(O)CO[C@H](CO)CN=C1C=CN(C[C@@H](CO)OCP(=O)(O)OCCCOCCCCCCCCCCCCCCCC)C(O)N1. The second kappa shape index (κ2) is 45.9. The fourth-order valence-corrected chi connectivity index (χ4v) is 9.52. The molecule has 1 rings (SSSR count). The van der Waals surface area contributed by atoms with E-state index in [9.17, 15) is 34.2 Å². The zero-order valence-electron chi connectivity index (χ0n) is 42.9. The zero-order valence-corrected chi connectivity index (χ0v) is 44.7. The average molecular weight is 1010 g/mol. The fraction of sp³-hybridized carbons (Fsp3) is 0.940. The Hall–Kier alpha value is -0.970. The number of aliphatic hydroxyl groups excluding tert-OH is 3. The highest BCUT2D eigenvalue weighted by molar-refractivity contribution is 7.52. The lowest BCUT2D eigenvalue weighted by molar-refractivity contribution is -0.0367. The predicted octanol–water partition coefficient (Wildman–Crippen LogP) is 10.9. The molecule has 404 valence electrons. The van der Waals surface area contributed by atoms with Crippen LogP contribution >= 0.6 is 15.2 Å². The molecule has 0 fully saturated rings. The topological polar surface area (TPSA) is 218 Å². The summed E-state index contributed by atoms with van der Waals surface area (Å²) in [5, 5.41) is 33.1. The number of aliphatic imine (C=N–C) groups is 1. The minimum atomic E-state index is -4.09. The zero-order chi connectivity index (χ0) is 49.7. The molecule has 0 aromatic carbocycles. The normalized spacial score (nSPS) is 17.4. The predicted molar refractivity (Wildman–Crippen MR) is 274 cm³/mol. The lowest BCUT2D eigenvalue weighted by Gasteiger charge is -2.33. The molecule has 68 heavy (non-hydrogen) atoms. The first-order chi connectivity index (χ1) is 33.1. The lowest BCUT2D eigenvalue weighted by Crippen LogP contribution is -2.51. The fourth-order valence-electron chi connectivity index (χ4n) is 7.74. The minimum absolute atomic E-state index is 0.0265. The van der Waals surface area contributed by atoms with Crippen LogP contribution in [0.5, 0.6) is 0 Å². The van der Waals surface area contributed by atoms with Crippen LogP contribution in [-0.2, 0) is 37.1 Å². The molecule has 0 aliphatic carbocycles. The summed E-state index contributed by atoms with van der Waals surface area (Å²) in [7, 11) is -8.16. The van der Waals surface area contributed by atoms with Gasteiger partial charge in [-0.1, -0.05) is 181 Å². The van der Waals surface area contributed by atoms with Crippen LogP contribution in [0.25, 0.3) is 0 Å². The summed E-state index contributed by atoms with van der Waals surface area (Å²) in [4.78, 5) is 26.2. The van der Waals surface area contributed by atoms with Gasteiger partial charge in [-0.2, -0.15) is 0 Å². The number of aliphatic hydroxyl groups is 3. The van der Waals surface area contributed by atoms with Gasteiger partial charge in [-0.15, -0.1) is 0 Å². The van der Waals surface area contributed by atoms with E-state index in [-0.39, 0.29) is 32.1 Å². The maximum Gasteiger partial charge on any atom is 0.353 e. The number of amidine groups is 1. The molecule has 6 N–H and O–H groups in total. The van der Waals surface area contributed by atoms with Crippen molar-refractivity contribution in [1.29, 1.82) is 0 Å². The third-order valence-electron chi connectivity index (χ3n) is 12.0. The van der Waals surface area contributed by atoms with E-state index in [0.717, 1.165) is 25.7 Å². The van der Waals surface area contributed by atoms with Gasteiger partial charge >= 0.3 is 15.2 Å². The molecule has 0 amide bonds. The number of hydrogen-bond donors (Lipinski definition) is 6. The van der Waals surface area contributed by atoms with Crippen LogP contribution < -0.4 is 5.32 Å². The number of rotatable bonds is 52. The van der Waals surface area contributed by atoms with E-state index in [0.29, 0.717) is 39.3 Å². The molecule has 18 heteroatoms. The Morgan fingerprint density at radius 2 is 0.897 bits per heavy atom. The van der Waals surface area contributed by atoms with E-state index < -0.39 is 59.7 Å². The van der Waals surface area contributed by atoms with Crippen molar-refractivity contribution in [3.63, 3.8) is 0 Å². The number of nitrogens with one attached hydrogen (secondary N) is 1. The molecule has 1 heterocycles. The molecular weight excluding hydrogens is 913 g/mol. The van der Waals surface area contributed by atoms with Gasteiger partial charge in [-0.05, 0) is 31.8 Å². The summed E-state index contributed by atoms with van der Waals surface area (Å²) in [5.41, 5.74) is 0. The Labute approximate surface area is 413 Å². The van der Waals surface area contributed by atoms with Gasteiger partial charge in [0.2, 0.25) is 6.35 Å². The van der Waals surface area contributed by atoms with Crippen molar-refractivity contribution in [3.8, 4) is 0 Å². The minimum Gasteiger partial charge on any atom is -0.394 e. The molecule has 0 aromatic rings. The molecule has 0 aromatic heterocycles. The largest absolute Gasteiger partial charge is 0.394 e. The highest BCUT2D eigenvalue weighted by atomic mass is 31.2. The molecule has 0 bridgehead atoms. The molecule has 3 unspecified atom stereocenters. The molecule has 0 radical (unpaired) electrons.